The molecule has 2 aliphatic rings. The van der Waals surface area contributed by atoms with E-state index in [0.29, 0.717) is 11.8 Å². The Kier molecular flexibility index (Phi) is 5.54. The van der Waals surface area contributed by atoms with E-state index in [0.717, 1.165) is 49.4 Å². The number of aromatic amines is 1. The highest BCUT2D eigenvalue weighted by Crippen LogP contribution is 2.41. The Bertz CT molecular complexity index is 776. The molecule has 5 heteroatoms. The van der Waals surface area contributed by atoms with E-state index in [2.05, 4.69) is 50.3 Å². The summed E-state index contributed by atoms with van der Waals surface area (Å²) in [5.41, 5.74) is 4.89. The molecule has 2 fully saturated rings. The topological polar surface area (TPSA) is 52.2 Å². The Morgan fingerprint density at radius 1 is 1.04 bits per heavy atom. The lowest BCUT2D eigenvalue weighted by Gasteiger charge is -2.47. The van der Waals surface area contributed by atoms with Gasteiger partial charge in [-0.3, -0.25) is 14.8 Å². The molecule has 0 atom stereocenters. The van der Waals surface area contributed by atoms with Crippen molar-refractivity contribution in [3.05, 3.63) is 52.8 Å². The quantitative estimate of drug-likeness (QED) is 0.884. The van der Waals surface area contributed by atoms with Crippen LogP contribution in [0, 0.1) is 19.3 Å². The lowest BCUT2D eigenvalue weighted by Crippen LogP contribution is -2.48. The number of amides is 1. The predicted molar refractivity (Wildman–Crippen MR) is 111 cm³/mol. The second-order valence-corrected chi connectivity index (χ2v) is 8.73. The van der Waals surface area contributed by atoms with E-state index in [9.17, 15) is 4.79 Å². The smallest absolute Gasteiger partial charge is 0.227 e. The molecular formula is C23H32N4O. The van der Waals surface area contributed by atoms with Gasteiger partial charge in [-0.05, 0) is 63.6 Å². The van der Waals surface area contributed by atoms with Crippen molar-refractivity contribution in [3.63, 3.8) is 0 Å². The van der Waals surface area contributed by atoms with Crippen molar-refractivity contribution in [2.24, 2.45) is 5.41 Å². The van der Waals surface area contributed by atoms with Gasteiger partial charge in [0, 0.05) is 30.9 Å². The van der Waals surface area contributed by atoms with Gasteiger partial charge in [0.2, 0.25) is 5.91 Å². The van der Waals surface area contributed by atoms with Crippen molar-refractivity contribution in [1.82, 2.24) is 20.0 Å². The summed E-state index contributed by atoms with van der Waals surface area (Å²) < 4.78 is 0. The largest absolute Gasteiger partial charge is 0.342 e. The van der Waals surface area contributed by atoms with Crippen LogP contribution >= 0.6 is 0 Å². The van der Waals surface area contributed by atoms with Gasteiger partial charge in [0.25, 0.3) is 0 Å². The van der Waals surface area contributed by atoms with Gasteiger partial charge in [0.05, 0.1) is 12.1 Å². The van der Waals surface area contributed by atoms with Gasteiger partial charge in [-0.1, -0.05) is 30.3 Å². The third kappa shape index (κ3) is 4.14. The first-order valence-corrected chi connectivity index (χ1v) is 10.6. The van der Waals surface area contributed by atoms with Crippen molar-refractivity contribution < 1.29 is 4.79 Å². The first-order chi connectivity index (χ1) is 13.5. The van der Waals surface area contributed by atoms with Crippen molar-refractivity contribution in [1.29, 1.82) is 0 Å². The van der Waals surface area contributed by atoms with Crippen LogP contribution < -0.4 is 0 Å². The molecule has 2 saturated heterocycles. The highest BCUT2D eigenvalue weighted by Gasteiger charge is 2.38. The van der Waals surface area contributed by atoms with Gasteiger partial charge in [-0.2, -0.15) is 5.10 Å². The Labute approximate surface area is 168 Å². The van der Waals surface area contributed by atoms with Crippen LogP contribution in [0.25, 0.3) is 0 Å². The fraction of sp³-hybridized carbons (Fsp3) is 0.565. The van der Waals surface area contributed by atoms with Crippen LogP contribution in [0.2, 0.25) is 0 Å². The fourth-order valence-electron chi connectivity index (χ4n) is 4.86. The van der Waals surface area contributed by atoms with Crippen LogP contribution in [0.4, 0.5) is 0 Å². The number of aromatic nitrogens is 2. The second kappa shape index (κ2) is 8.08. The maximum absolute atomic E-state index is 12.8. The average molecular weight is 381 g/mol. The normalized spacial score (nSPS) is 19.9. The molecule has 5 nitrogen and oxygen atoms in total. The van der Waals surface area contributed by atoms with Crippen LogP contribution in [-0.2, 0) is 17.8 Å². The Hall–Kier alpha value is -2.14. The van der Waals surface area contributed by atoms with Crippen molar-refractivity contribution in [2.45, 2.75) is 52.5 Å². The predicted octanol–water partition coefficient (Wildman–Crippen LogP) is 3.47. The number of hydrogen-bond acceptors (Lipinski definition) is 3. The zero-order chi connectivity index (χ0) is 19.6. The molecule has 0 saturated carbocycles. The summed E-state index contributed by atoms with van der Waals surface area (Å²) in [7, 11) is 0. The maximum Gasteiger partial charge on any atom is 0.227 e. The van der Waals surface area contributed by atoms with Gasteiger partial charge >= 0.3 is 0 Å². The SMILES string of the molecule is Cc1n[nH]c(C)c1CC(=O)N1CCC2(CCN(Cc3ccccc3)CC2)CC1. The number of piperidine rings is 2. The Morgan fingerprint density at radius 3 is 2.29 bits per heavy atom. The summed E-state index contributed by atoms with van der Waals surface area (Å²) in [5.74, 6) is 0.254. The molecule has 0 aliphatic carbocycles. The number of nitrogens with one attached hydrogen (secondary N) is 1. The molecule has 1 N–H and O–H groups in total. The van der Waals surface area contributed by atoms with E-state index in [1.165, 1.54) is 31.5 Å². The Balaban J connectivity index is 1.27. The molecule has 28 heavy (non-hydrogen) atoms. The number of benzene rings is 1. The molecule has 150 valence electrons. The van der Waals surface area contributed by atoms with Gasteiger partial charge in [0.1, 0.15) is 0 Å². The molecule has 1 aromatic carbocycles. The van der Waals surface area contributed by atoms with E-state index in [-0.39, 0.29) is 5.91 Å². The highest BCUT2D eigenvalue weighted by atomic mass is 16.2. The average Bonchev–Trinajstić information content (AvgIpc) is 3.03. The third-order valence-electron chi connectivity index (χ3n) is 6.95. The number of rotatable bonds is 4. The molecule has 1 spiro atoms. The summed E-state index contributed by atoms with van der Waals surface area (Å²) in [4.78, 5) is 17.4. The van der Waals surface area contributed by atoms with E-state index < -0.39 is 0 Å². The zero-order valence-electron chi connectivity index (χ0n) is 17.2. The molecule has 0 bridgehead atoms. The van der Waals surface area contributed by atoms with E-state index in [4.69, 9.17) is 0 Å². The Morgan fingerprint density at radius 2 is 1.68 bits per heavy atom. The first kappa shape index (κ1) is 19.2. The molecule has 1 amide bonds. The molecule has 1 aromatic heterocycles. The second-order valence-electron chi connectivity index (χ2n) is 8.73. The molecule has 0 radical (unpaired) electrons. The number of carbonyl (C=O) groups is 1. The van der Waals surface area contributed by atoms with E-state index in [1.807, 2.05) is 13.8 Å². The van der Waals surface area contributed by atoms with E-state index in [1.54, 1.807) is 0 Å². The lowest BCUT2D eigenvalue weighted by atomic mass is 9.71. The molecule has 2 aromatic rings. The first-order valence-electron chi connectivity index (χ1n) is 10.6. The summed E-state index contributed by atoms with van der Waals surface area (Å²) in [6, 6.07) is 10.8. The molecule has 0 unspecified atom stereocenters. The number of likely N-dealkylation sites (tertiary alicyclic amines) is 2. The number of hydrogen-bond donors (Lipinski definition) is 1. The van der Waals surface area contributed by atoms with Crippen molar-refractivity contribution >= 4 is 5.91 Å². The lowest BCUT2D eigenvalue weighted by molar-refractivity contribution is -0.133. The minimum absolute atomic E-state index is 0.254. The summed E-state index contributed by atoms with van der Waals surface area (Å²) in [5, 5.41) is 7.21. The highest BCUT2D eigenvalue weighted by molar-refractivity contribution is 5.79. The number of H-pyrrole nitrogens is 1. The molecule has 2 aliphatic heterocycles. The van der Waals surface area contributed by atoms with Crippen molar-refractivity contribution in [2.75, 3.05) is 26.2 Å². The maximum atomic E-state index is 12.8. The molecule has 3 heterocycles. The standard InChI is InChI=1S/C23H32N4O/c1-18-21(19(2)25-24-18)16-22(28)27-14-10-23(11-15-27)8-12-26(13-9-23)17-20-6-4-3-5-7-20/h3-7H,8-17H2,1-2H3,(H,24,25). The summed E-state index contributed by atoms with van der Waals surface area (Å²) in [6.45, 7) is 9.20. The summed E-state index contributed by atoms with van der Waals surface area (Å²) in [6.07, 6.45) is 5.32. The van der Waals surface area contributed by atoms with Crippen LogP contribution in [0.15, 0.2) is 30.3 Å². The fourth-order valence-corrected chi connectivity index (χ4v) is 4.86. The van der Waals surface area contributed by atoms with Gasteiger partial charge in [-0.25, -0.2) is 0 Å². The van der Waals surface area contributed by atoms with E-state index >= 15 is 0 Å². The van der Waals surface area contributed by atoms with Crippen LogP contribution in [0.3, 0.4) is 0 Å². The summed E-state index contributed by atoms with van der Waals surface area (Å²) >= 11 is 0. The van der Waals surface area contributed by atoms with Gasteiger partial charge < -0.3 is 4.90 Å². The number of carbonyl (C=O) groups excluding carboxylic acids is 1. The van der Waals surface area contributed by atoms with Crippen LogP contribution in [-0.4, -0.2) is 52.1 Å². The molecular weight excluding hydrogens is 348 g/mol. The zero-order valence-corrected chi connectivity index (χ0v) is 17.2. The number of nitrogens with zero attached hydrogens (tertiary/aromatic N) is 3. The van der Waals surface area contributed by atoms with Crippen LogP contribution in [0.1, 0.15) is 48.2 Å². The minimum Gasteiger partial charge on any atom is -0.342 e. The van der Waals surface area contributed by atoms with Gasteiger partial charge in [0.15, 0.2) is 0 Å². The minimum atomic E-state index is 0.254. The number of aryl methyl sites for hydroxylation is 2. The van der Waals surface area contributed by atoms with Crippen LogP contribution in [0.5, 0.6) is 0 Å². The molecule has 4 rings (SSSR count). The van der Waals surface area contributed by atoms with Gasteiger partial charge in [-0.15, -0.1) is 0 Å². The monoisotopic (exact) mass is 380 g/mol. The van der Waals surface area contributed by atoms with Crippen molar-refractivity contribution in [3.8, 4) is 0 Å². The third-order valence-corrected chi connectivity index (χ3v) is 6.95.